The molecule has 3 heteroatoms. The van der Waals surface area contributed by atoms with Gasteiger partial charge in [0.15, 0.2) is 0 Å². The topological polar surface area (TPSA) is 45.1 Å². The molecule has 1 aromatic heterocycles. The second-order valence-electron chi connectivity index (χ2n) is 7.05. The summed E-state index contributed by atoms with van der Waals surface area (Å²) in [7, 11) is 0. The van der Waals surface area contributed by atoms with Crippen LogP contribution >= 0.6 is 0 Å². The zero-order chi connectivity index (χ0) is 13.7. The fourth-order valence-electron chi connectivity index (χ4n) is 4.26. The summed E-state index contributed by atoms with van der Waals surface area (Å²) in [6.07, 6.45) is 5.54. The summed E-state index contributed by atoms with van der Waals surface area (Å²) in [5, 5.41) is 12.9. The van der Waals surface area contributed by atoms with Crippen molar-refractivity contribution in [2.24, 2.45) is 16.7 Å². The fraction of sp³-hybridized carbons (Fsp3) is 0.688. The molecule has 19 heavy (non-hydrogen) atoms. The van der Waals surface area contributed by atoms with Crippen LogP contribution in [0.3, 0.4) is 0 Å². The van der Waals surface area contributed by atoms with Crippen LogP contribution in [0.5, 0.6) is 5.75 Å². The highest BCUT2D eigenvalue weighted by molar-refractivity contribution is 5.18. The number of nitrogens with one attached hydrogen (secondary N) is 1. The Morgan fingerprint density at radius 2 is 2.16 bits per heavy atom. The first-order valence-electron chi connectivity index (χ1n) is 7.31. The summed E-state index contributed by atoms with van der Waals surface area (Å²) >= 11 is 0. The third-order valence-corrected chi connectivity index (χ3v) is 6.13. The van der Waals surface area contributed by atoms with Crippen LogP contribution in [0.15, 0.2) is 18.3 Å². The van der Waals surface area contributed by atoms with Crippen molar-refractivity contribution in [3.8, 4) is 5.75 Å². The van der Waals surface area contributed by atoms with Crippen LogP contribution in [0.1, 0.15) is 45.7 Å². The highest BCUT2D eigenvalue weighted by Crippen LogP contribution is 2.65. The number of nitrogens with zero attached hydrogens (tertiary/aromatic N) is 1. The van der Waals surface area contributed by atoms with E-state index in [9.17, 15) is 5.11 Å². The number of hydrogen-bond donors (Lipinski definition) is 2. The van der Waals surface area contributed by atoms with E-state index in [1.807, 2.05) is 6.07 Å². The number of hydrogen-bond acceptors (Lipinski definition) is 3. The third-order valence-electron chi connectivity index (χ3n) is 6.13. The molecule has 3 atom stereocenters. The van der Waals surface area contributed by atoms with Crippen LogP contribution in [-0.2, 0) is 6.54 Å². The van der Waals surface area contributed by atoms with E-state index in [1.54, 1.807) is 6.07 Å². The van der Waals surface area contributed by atoms with Gasteiger partial charge in [-0.25, -0.2) is 0 Å². The summed E-state index contributed by atoms with van der Waals surface area (Å²) in [4.78, 5) is 4.25. The normalized spacial score (nSPS) is 35.7. The Morgan fingerprint density at radius 3 is 2.68 bits per heavy atom. The molecule has 2 aliphatic carbocycles. The lowest BCUT2D eigenvalue weighted by molar-refractivity contribution is 0.120. The van der Waals surface area contributed by atoms with Crippen LogP contribution in [0.2, 0.25) is 0 Å². The first-order valence-corrected chi connectivity index (χ1v) is 7.31. The average molecular weight is 260 g/mol. The van der Waals surface area contributed by atoms with Gasteiger partial charge >= 0.3 is 0 Å². The average Bonchev–Trinajstić information content (AvgIpc) is 2.71. The minimum absolute atomic E-state index is 0.233. The van der Waals surface area contributed by atoms with Crippen molar-refractivity contribution in [2.75, 3.05) is 0 Å². The molecule has 2 saturated carbocycles. The SMILES string of the molecule is CC1(C)C2CCC1(C)C(NCc1ccc(O)cn1)C2. The Balaban J connectivity index is 1.67. The van der Waals surface area contributed by atoms with Gasteiger partial charge in [-0.1, -0.05) is 20.8 Å². The Bertz CT molecular complexity index is 468. The molecule has 0 amide bonds. The van der Waals surface area contributed by atoms with Gasteiger partial charge in [-0.05, 0) is 48.1 Å². The molecule has 104 valence electrons. The van der Waals surface area contributed by atoms with Crippen LogP contribution in [0, 0.1) is 16.7 Å². The van der Waals surface area contributed by atoms with Crippen molar-refractivity contribution in [3.05, 3.63) is 24.0 Å². The zero-order valence-corrected chi connectivity index (χ0v) is 12.1. The van der Waals surface area contributed by atoms with Crippen molar-refractivity contribution >= 4 is 0 Å². The van der Waals surface area contributed by atoms with E-state index < -0.39 is 0 Å². The summed E-state index contributed by atoms with van der Waals surface area (Å²) in [6.45, 7) is 8.11. The fourth-order valence-corrected chi connectivity index (χ4v) is 4.26. The predicted molar refractivity (Wildman–Crippen MR) is 75.8 cm³/mol. The Morgan fingerprint density at radius 1 is 1.37 bits per heavy atom. The molecule has 0 aromatic carbocycles. The van der Waals surface area contributed by atoms with Gasteiger partial charge < -0.3 is 10.4 Å². The number of rotatable bonds is 3. The maximum Gasteiger partial charge on any atom is 0.133 e. The van der Waals surface area contributed by atoms with Gasteiger partial charge in [0.05, 0.1) is 11.9 Å². The standard InChI is InChI=1S/C16H24N2O/c1-15(2)11-6-7-16(15,3)14(8-11)18-9-12-4-5-13(19)10-17-12/h4-5,10-11,14,18-19H,6-9H2,1-3H3. The smallest absolute Gasteiger partial charge is 0.133 e. The minimum atomic E-state index is 0.233. The monoisotopic (exact) mass is 260 g/mol. The number of pyridine rings is 1. The Kier molecular flexibility index (Phi) is 2.86. The quantitative estimate of drug-likeness (QED) is 0.878. The van der Waals surface area contributed by atoms with Crippen LogP contribution in [-0.4, -0.2) is 16.1 Å². The number of fused-ring (bicyclic) bond motifs is 2. The second kappa shape index (κ2) is 4.20. The maximum absolute atomic E-state index is 9.25. The third kappa shape index (κ3) is 1.86. The predicted octanol–water partition coefficient (Wildman–Crippen LogP) is 3.09. The molecule has 3 unspecified atom stereocenters. The second-order valence-corrected chi connectivity index (χ2v) is 7.05. The van der Waals surface area contributed by atoms with Crippen molar-refractivity contribution in [1.82, 2.24) is 10.3 Å². The lowest BCUT2D eigenvalue weighted by atomic mass is 9.69. The highest BCUT2D eigenvalue weighted by atomic mass is 16.3. The molecule has 3 nitrogen and oxygen atoms in total. The van der Waals surface area contributed by atoms with E-state index in [1.165, 1.54) is 25.5 Å². The summed E-state index contributed by atoms with van der Waals surface area (Å²) in [6, 6.07) is 4.19. The molecule has 3 rings (SSSR count). The minimum Gasteiger partial charge on any atom is -0.506 e. The summed E-state index contributed by atoms with van der Waals surface area (Å²) in [5.41, 5.74) is 1.86. The van der Waals surface area contributed by atoms with E-state index >= 15 is 0 Å². The molecule has 2 fully saturated rings. The van der Waals surface area contributed by atoms with Crippen molar-refractivity contribution in [1.29, 1.82) is 0 Å². The largest absolute Gasteiger partial charge is 0.506 e. The maximum atomic E-state index is 9.25. The number of aromatic nitrogens is 1. The molecule has 0 saturated heterocycles. The van der Waals surface area contributed by atoms with E-state index in [2.05, 4.69) is 31.1 Å². The van der Waals surface area contributed by atoms with E-state index in [0.717, 1.165) is 18.2 Å². The summed E-state index contributed by atoms with van der Waals surface area (Å²) < 4.78 is 0. The first-order chi connectivity index (χ1) is 8.93. The molecule has 0 spiro atoms. The molecule has 2 aliphatic rings. The lowest BCUT2D eigenvalue weighted by Gasteiger charge is -2.39. The van der Waals surface area contributed by atoms with Crippen molar-refractivity contribution < 1.29 is 5.11 Å². The highest BCUT2D eigenvalue weighted by Gasteiger charge is 2.60. The Hall–Kier alpha value is -1.09. The van der Waals surface area contributed by atoms with Gasteiger partial charge in [-0.2, -0.15) is 0 Å². The van der Waals surface area contributed by atoms with Gasteiger partial charge in [0, 0.05) is 12.6 Å². The van der Waals surface area contributed by atoms with E-state index in [0.29, 0.717) is 16.9 Å². The van der Waals surface area contributed by atoms with Crippen LogP contribution < -0.4 is 5.32 Å². The molecule has 1 heterocycles. The Labute approximate surface area is 115 Å². The lowest BCUT2D eigenvalue weighted by Crippen LogP contribution is -2.44. The van der Waals surface area contributed by atoms with Gasteiger partial charge in [0.2, 0.25) is 0 Å². The van der Waals surface area contributed by atoms with E-state index in [4.69, 9.17) is 0 Å². The van der Waals surface area contributed by atoms with Gasteiger partial charge in [-0.15, -0.1) is 0 Å². The molecule has 1 aromatic rings. The van der Waals surface area contributed by atoms with Gasteiger partial charge in [0.25, 0.3) is 0 Å². The molecule has 0 radical (unpaired) electrons. The first kappa shape index (κ1) is 12.9. The molecule has 2 N–H and O–H groups in total. The van der Waals surface area contributed by atoms with E-state index in [-0.39, 0.29) is 5.75 Å². The molecular formula is C16H24N2O. The van der Waals surface area contributed by atoms with Crippen LogP contribution in [0.4, 0.5) is 0 Å². The van der Waals surface area contributed by atoms with Gasteiger partial charge in [0.1, 0.15) is 5.75 Å². The van der Waals surface area contributed by atoms with Gasteiger partial charge in [-0.3, -0.25) is 4.98 Å². The van der Waals surface area contributed by atoms with Crippen LogP contribution in [0.25, 0.3) is 0 Å². The number of aromatic hydroxyl groups is 1. The zero-order valence-electron chi connectivity index (χ0n) is 12.1. The summed E-state index contributed by atoms with van der Waals surface area (Å²) in [5.74, 6) is 1.10. The van der Waals surface area contributed by atoms with Crippen molar-refractivity contribution in [3.63, 3.8) is 0 Å². The van der Waals surface area contributed by atoms with Crippen molar-refractivity contribution in [2.45, 2.75) is 52.6 Å². The molecule has 2 bridgehead atoms. The molecular weight excluding hydrogens is 236 g/mol. The molecule has 0 aliphatic heterocycles.